The van der Waals surface area contributed by atoms with E-state index < -0.39 is 0 Å². The van der Waals surface area contributed by atoms with Gasteiger partial charge in [0, 0.05) is 44.6 Å². The Hall–Kier alpha value is -1.88. The van der Waals surface area contributed by atoms with Gasteiger partial charge in [0.2, 0.25) is 11.8 Å². The molecule has 30 heavy (non-hydrogen) atoms. The van der Waals surface area contributed by atoms with Crippen LogP contribution in [-0.2, 0) is 22.6 Å². The fourth-order valence-corrected chi connectivity index (χ4v) is 7.05. The Morgan fingerprint density at radius 1 is 0.933 bits per heavy atom. The molecule has 0 aromatic heterocycles. The summed E-state index contributed by atoms with van der Waals surface area (Å²) in [6.45, 7) is 4.02. The number of rotatable bonds is 7. The van der Waals surface area contributed by atoms with E-state index in [1.165, 1.54) is 30.4 Å². The highest BCUT2D eigenvalue weighted by Crippen LogP contribution is 2.60. The van der Waals surface area contributed by atoms with Gasteiger partial charge in [-0.25, -0.2) is 0 Å². The lowest BCUT2D eigenvalue weighted by Gasteiger charge is -2.55. The maximum Gasteiger partial charge on any atom is 0.226 e. The van der Waals surface area contributed by atoms with Gasteiger partial charge in [-0.1, -0.05) is 24.3 Å². The van der Waals surface area contributed by atoms with Gasteiger partial charge in [0.25, 0.3) is 0 Å². The summed E-state index contributed by atoms with van der Waals surface area (Å²) in [4.78, 5) is 27.6. The van der Waals surface area contributed by atoms with Crippen LogP contribution in [-0.4, -0.2) is 42.9 Å². The highest BCUT2D eigenvalue weighted by molar-refractivity contribution is 5.84. The van der Waals surface area contributed by atoms with Gasteiger partial charge in [0.05, 0.1) is 0 Å². The fraction of sp³-hybridized carbons (Fsp3) is 0.680. The maximum absolute atomic E-state index is 12.9. The molecule has 0 radical (unpaired) electrons. The smallest absolute Gasteiger partial charge is 0.226 e. The molecule has 1 heterocycles. The molecule has 5 heteroatoms. The molecule has 162 valence electrons. The van der Waals surface area contributed by atoms with Gasteiger partial charge in [-0.2, -0.15) is 0 Å². The van der Waals surface area contributed by atoms with Crippen molar-refractivity contribution in [1.29, 1.82) is 0 Å². The van der Waals surface area contributed by atoms with Crippen molar-refractivity contribution in [2.75, 3.05) is 26.2 Å². The number of nitrogens with one attached hydrogen (secondary N) is 2. The minimum Gasteiger partial charge on any atom is -0.355 e. The van der Waals surface area contributed by atoms with Gasteiger partial charge in [-0.05, 0) is 73.8 Å². The zero-order chi connectivity index (χ0) is 20.6. The highest BCUT2D eigenvalue weighted by atomic mass is 16.2. The lowest BCUT2D eigenvalue weighted by molar-refractivity contribution is -0.146. The van der Waals surface area contributed by atoms with Crippen LogP contribution in [0.4, 0.5) is 0 Å². The molecule has 0 saturated heterocycles. The van der Waals surface area contributed by atoms with E-state index in [9.17, 15) is 9.59 Å². The summed E-state index contributed by atoms with van der Waals surface area (Å²) in [5.41, 5.74) is 2.74. The molecule has 6 rings (SSSR count). The summed E-state index contributed by atoms with van der Waals surface area (Å²) in [6.07, 6.45) is 8.73. The number of amides is 2. The zero-order valence-electron chi connectivity index (χ0n) is 18.0. The Balaban J connectivity index is 1.01. The van der Waals surface area contributed by atoms with Gasteiger partial charge in [-0.15, -0.1) is 0 Å². The summed E-state index contributed by atoms with van der Waals surface area (Å²) in [5.74, 6) is 2.57. The molecule has 0 atom stereocenters. The second-order valence-corrected chi connectivity index (χ2v) is 10.3. The van der Waals surface area contributed by atoms with Crippen LogP contribution in [0, 0.1) is 23.2 Å². The van der Waals surface area contributed by atoms with Crippen molar-refractivity contribution in [2.45, 2.75) is 57.9 Å². The van der Waals surface area contributed by atoms with E-state index in [1.807, 2.05) is 0 Å². The minimum absolute atomic E-state index is 0.0400. The van der Waals surface area contributed by atoms with Gasteiger partial charge in [-0.3, -0.25) is 14.5 Å². The van der Waals surface area contributed by atoms with E-state index in [2.05, 4.69) is 39.8 Å². The molecule has 4 bridgehead atoms. The van der Waals surface area contributed by atoms with Crippen molar-refractivity contribution in [2.24, 2.45) is 23.2 Å². The van der Waals surface area contributed by atoms with E-state index in [1.54, 1.807) is 0 Å². The first-order chi connectivity index (χ1) is 14.6. The fourth-order valence-electron chi connectivity index (χ4n) is 7.05. The number of nitrogens with zero attached hydrogens (tertiary/aromatic N) is 1. The van der Waals surface area contributed by atoms with E-state index in [0.29, 0.717) is 19.5 Å². The van der Waals surface area contributed by atoms with Crippen molar-refractivity contribution in [3.8, 4) is 0 Å². The first kappa shape index (κ1) is 20.0. The van der Waals surface area contributed by atoms with Gasteiger partial charge in [0.1, 0.15) is 0 Å². The van der Waals surface area contributed by atoms with Crippen molar-refractivity contribution in [3.05, 3.63) is 35.4 Å². The topological polar surface area (TPSA) is 61.4 Å². The lowest BCUT2D eigenvalue weighted by atomic mass is 9.49. The Labute approximate surface area is 180 Å². The van der Waals surface area contributed by atoms with E-state index in [0.717, 1.165) is 63.1 Å². The number of carbonyl (C=O) groups excluding carboxylic acids is 2. The van der Waals surface area contributed by atoms with E-state index in [-0.39, 0.29) is 17.2 Å². The predicted molar refractivity (Wildman–Crippen MR) is 117 cm³/mol. The molecule has 4 fully saturated rings. The van der Waals surface area contributed by atoms with Crippen molar-refractivity contribution in [1.82, 2.24) is 15.5 Å². The van der Waals surface area contributed by atoms with Crippen molar-refractivity contribution < 1.29 is 9.59 Å². The molecule has 4 saturated carbocycles. The average molecular weight is 410 g/mol. The lowest BCUT2D eigenvalue weighted by Crippen LogP contribution is -2.53. The number of hydrogen-bond acceptors (Lipinski definition) is 3. The summed E-state index contributed by atoms with van der Waals surface area (Å²) < 4.78 is 0. The van der Waals surface area contributed by atoms with Crippen LogP contribution in [0.5, 0.6) is 0 Å². The molecule has 2 N–H and O–H groups in total. The molecular weight excluding hydrogens is 374 g/mol. The number of carbonyl (C=O) groups is 2. The minimum atomic E-state index is -0.115. The number of hydrogen-bond donors (Lipinski definition) is 2. The molecular formula is C25H35N3O2. The summed E-state index contributed by atoms with van der Waals surface area (Å²) in [6, 6.07) is 8.62. The normalized spacial score (nSPS) is 31.9. The first-order valence-corrected chi connectivity index (χ1v) is 11.9. The molecule has 0 unspecified atom stereocenters. The number of fused-ring (bicyclic) bond motifs is 1. The molecule has 0 spiro atoms. The van der Waals surface area contributed by atoms with Crippen molar-refractivity contribution in [3.63, 3.8) is 0 Å². The van der Waals surface area contributed by atoms with Crippen LogP contribution in [0.2, 0.25) is 0 Å². The van der Waals surface area contributed by atoms with Crippen LogP contribution >= 0.6 is 0 Å². The molecule has 5 aliphatic rings. The second kappa shape index (κ2) is 8.33. The Morgan fingerprint density at radius 2 is 1.60 bits per heavy atom. The third-order valence-corrected chi connectivity index (χ3v) is 8.12. The van der Waals surface area contributed by atoms with Crippen LogP contribution < -0.4 is 10.6 Å². The van der Waals surface area contributed by atoms with Crippen LogP contribution in [0.1, 0.15) is 56.1 Å². The SMILES string of the molecule is O=C(CCNC(=O)C12CC3CC(CC(C3)C1)C2)NCCN1CCc2ccccc2C1. The number of benzene rings is 1. The molecule has 1 aromatic carbocycles. The van der Waals surface area contributed by atoms with Crippen LogP contribution in [0.15, 0.2) is 24.3 Å². The summed E-state index contributed by atoms with van der Waals surface area (Å²) in [5, 5.41) is 6.14. The molecule has 4 aliphatic carbocycles. The van der Waals surface area contributed by atoms with Gasteiger partial charge < -0.3 is 10.6 Å². The standard InChI is InChI=1S/C25H35N3O2/c29-23(26-8-10-28-9-6-21-3-1-2-4-22(21)17-28)5-7-27-24(30)25-14-18-11-19(15-25)13-20(12-18)16-25/h1-4,18-20H,5-17H2,(H,26,29)(H,27,30). The monoisotopic (exact) mass is 409 g/mol. The van der Waals surface area contributed by atoms with Gasteiger partial charge in [0.15, 0.2) is 0 Å². The average Bonchev–Trinajstić information content (AvgIpc) is 2.72. The summed E-state index contributed by atoms with van der Waals surface area (Å²) >= 11 is 0. The maximum atomic E-state index is 12.9. The molecule has 2 amide bonds. The van der Waals surface area contributed by atoms with Gasteiger partial charge >= 0.3 is 0 Å². The van der Waals surface area contributed by atoms with Crippen LogP contribution in [0.25, 0.3) is 0 Å². The van der Waals surface area contributed by atoms with E-state index in [4.69, 9.17) is 0 Å². The highest BCUT2D eigenvalue weighted by Gasteiger charge is 2.54. The molecule has 1 aliphatic heterocycles. The third kappa shape index (κ3) is 4.14. The van der Waals surface area contributed by atoms with Crippen molar-refractivity contribution >= 4 is 11.8 Å². The summed E-state index contributed by atoms with van der Waals surface area (Å²) in [7, 11) is 0. The quantitative estimate of drug-likeness (QED) is 0.728. The predicted octanol–water partition coefficient (Wildman–Crippen LogP) is 2.88. The largest absolute Gasteiger partial charge is 0.355 e. The third-order valence-electron chi connectivity index (χ3n) is 8.12. The second-order valence-electron chi connectivity index (χ2n) is 10.3. The molecule has 5 nitrogen and oxygen atoms in total. The Kier molecular flexibility index (Phi) is 5.57. The Bertz CT molecular complexity index is 770. The van der Waals surface area contributed by atoms with E-state index >= 15 is 0 Å². The van der Waals surface area contributed by atoms with Crippen LogP contribution in [0.3, 0.4) is 0 Å². The molecule has 1 aromatic rings. The first-order valence-electron chi connectivity index (χ1n) is 11.9. The zero-order valence-corrected chi connectivity index (χ0v) is 18.0. The Morgan fingerprint density at radius 3 is 2.30 bits per heavy atom.